The highest BCUT2D eigenvalue weighted by Crippen LogP contribution is 2.28. The quantitative estimate of drug-likeness (QED) is 0.709. The number of anilines is 1. The van der Waals surface area contributed by atoms with Gasteiger partial charge >= 0.3 is 5.97 Å². The predicted octanol–water partition coefficient (Wildman–Crippen LogP) is 1.86. The molecule has 0 radical (unpaired) electrons. The molecular weight excluding hydrogens is 324 g/mol. The molecule has 2 N–H and O–H groups in total. The smallest absolute Gasteiger partial charge is 0.317 e. The summed E-state index contributed by atoms with van der Waals surface area (Å²) in [5, 5.41) is 11.6. The molecule has 7 nitrogen and oxygen atoms in total. The van der Waals surface area contributed by atoms with Crippen LogP contribution in [0, 0.1) is 0 Å². The normalized spacial score (nSPS) is 9.91. The third-order valence-electron chi connectivity index (χ3n) is 2.95. The number of nitrogens with zero attached hydrogens (tertiary/aromatic N) is 1. The molecule has 1 rings (SSSR count). The van der Waals surface area contributed by atoms with Crippen LogP contribution in [0.1, 0.15) is 13.3 Å². The Bertz CT molecular complexity index is 525. The lowest BCUT2D eigenvalue weighted by Crippen LogP contribution is -2.37. The number of hydrogen-bond donors (Lipinski definition) is 2. The van der Waals surface area contributed by atoms with Crippen molar-refractivity contribution in [3.8, 4) is 11.5 Å². The van der Waals surface area contributed by atoms with Gasteiger partial charge in [0, 0.05) is 6.07 Å². The zero-order valence-electron chi connectivity index (χ0n) is 13.5. The summed E-state index contributed by atoms with van der Waals surface area (Å²) in [6.07, 6.45) is 0.770. The minimum atomic E-state index is -0.955. The molecule has 0 aliphatic rings. The number of nitrogens with one attached hydrogen (secondary N) is 1. The number of carboxylic acid groups (broad SMARTS) is 1. The van der Waals surface area contributed by atoms with Crippen LogP contribution in [-0.2, 0) is 9.59 Å². The largest absolute Gasteiger partial charge is 0.497 e. The zero-order valence-corrected chi connectivity index (χ0v) is 14.3. The molecule has 0 bridgehead atoms. The number of benzene rings is 1. The van der Waals surface area contributed by atoms with E-state index in [1.54, 1.807) is 30.2 Å². The molecule has 0 saturated heterocycles. The van der Waals surface area contributed by atoms with E-state index in [0.717, 1.165) is 6.42 Å². The maximum atomic E-state index is 12.1. The van der Waals surface area contributed by atoms with Gasteiger partial charge in [-0.15, -0.1) is 12.4 Å². The Hall–Kier alpha value is -1.99. The third kappa shape index (κ3) is 7.21. The monoisotopic (exact) mass is 346 g/mol. The highest BCUT2D eigenvalue weighted by molar-refractivity contribution is 5.94. The van der Waals surface area contributed by atoms with E-state index in [-0.39, 0.29) is 31.4 Å². The van der Waals surface area contributed by atoms with E-state index >= 15 is 0 Å². The second-order valence-corrected chi connectivity index (χ2v) is 4.72. The Morgan fingerprint density at radius 1 is 1.22 bits per heavy atom. The maximum Gasteiger partial charge on any atom is 0.317 e. The number of aliphatic carboxylic acids is 1. The molecule has 0 spiro atoms. The first-order chi connectivity index (χ1) is 10.5. The van der Waals surface area contributed by atoms with Crippen molar-refractivity contribution in [1.29, 1.82) is 0 Å². The second-order valence-electron chi connectivity index (χ2n) is 4.72. The average Bonchev–Trinajstić information content (AvgIpc) is 2.47. The number of rotatable bonds is 9. The molecule has 0 aliphatic carbocycles. The van der Waals surface area contributed by atoms with Gasteiger partial charge in [0.15, 0.2) is 0 Å². The van der Waals surface area contributed by atoms with Crippen LogP contribution >= 0.6 is 12.4 Å². The molecule has 1 amide bonds. The number of methoxy groups -OCH3 is 2. The van der Waals surface area contributed by atoms with Crippen molar-refractivity contribution in [2.24, 2.45) is 0 Å². The summed E-state index contributed by atoms with van der Waals surface area (Å²) in [5.41, 5.74) is 0.514. The van der Waals surface area contributed by atoms with Crippen molar-refractivity contribution in [2.75, 3.05) is 39.2 Å². The van der Waals surface area contributed by atoms with Crippen LogP contribution in [0.3, 0.4) is 0 Å². The number of hydrogen-bond acceptors (Lipinski definition) is 5. The fourth-order valence-electron chi connectivity index (χ4n) is 2.02. The zero-order chi connectivity index (χ0) is 16.5. The second kappa shape index (κ2) is 10.7. The highest BCUT2D eigenvalue weighted by atomic mass is 35.5. The van der Waals surface area contributed by atoms with Crippen LogP contribution in [0.25, 0.3) is 0 Å². The van der Waals surface area contributed by atoms with Gasteiger partial charge in [-0.3, -0.25) is 14.5 Å². The molecule has 0 aromatic heterocycles. The summed E-state index contributed by atoms with van der Waals surface area (Å²) < 4.78 is 10.3. The molecule has 0 fully saturated rings. The van der Waals surface area contributed by atoms with E-state index in [0.29, 0.717) is 23.7 Å². The Morgan fingerprint density at radius 3 is 2.43 bits per heavy atom. The van der Waals surface area contributed by atoms with E-state index in [2.05, 4.69) is 5.32 Å². The molecule has 0 heterocycles. The van der Waals surface area contributed by atoms with Gasteiger partial charge in [-0.2, -0.15) is 0 Å². The molecule has 0 aliphatic heterocycles. The fraction of sp³-hybridized carbons (Fsp3) is 0.467. The van der Waals surface area contributed by atoms with Crippen LogP contribution in [-0.4, -0.2) is 55.7 Å². The van der Waals surface area contributed by atoms with Crippen molar-refractivity contribution in [3.63, 3.8) is 0 Å². The molecular formula is C15H23ClN2O5. The van der Waals surface area contributed by atoms with Crippen molar-refractivity contribution in [2.45, 2.75) is 13.3 Å². The summed E-state index contributed by atoms with van der Waals surface area (Å²) in [7, 11) is 3.04. The van der Waals surface area contributed by atoms with E-state index in [1.165, 1.54) is 7.11 Å². The molecule has 0 unspecified atom stereocenters. The van der Waals surface area contributed by atoms with Crippen LogP contribution in [0.15, 0.2) is 18.2 Å². The van der Waals surface area contributed by atoms with Crippen LogP contribution in [0.5, 0.6) is 11.5 Å². The van der Waals surface area contributed by atoms with E-state index in [1.807, 2.05) is 6.92 Å². The molecule has 1 aromatic carbocycles. The Kier molecular flexibility index (Phi) is 9.76. The molecule has 0 atom stereocenters. The van der Waals surface area contributed by atoms with Gasteiger partial charge in [0.25, 0.3) is 0 Å². The Labute approximate surface area is 142 Å². The van der Waals surface area contributed by atoms with Gasteiger partial charge in [-0.1, -0.05) is 6.92 Å². The van der Waals surface area contributed by atoms with Gasteiger partial charge in [0.05, 0.1) is 33.0 Å². The topological polar surface area (TPSA) is 88.1 Å². The van der Waals surface area contributed by atoms with E-state index in [9.17, 15) is 9.59 Å². The minimum Gasteiger partial charge on any atom is -0.497 e. The standard InChI is InChI=1S/C15H22N2O5.ClH/c1-4-7-17(10-15(19)20)9-14(18)16-12-6-5-11(21-2)8-13(12)22-3;/h5-6,8H,4,7,9-10H2,1-3H3,(H,16,18)(H,19,20);1H. The third-order valence-corrected chi connectivity index (χ3v) is 2.95. The molecule has 8 heteroatoms. The first kappa shape index (κ1) is 21.0. The Morgan fingerprint density at radius 2 is 1.91 bits per heavy atom. The average molecular weight is 347 g/mol. The summed E-state index contributed by atoms with van der Waals surface area (Å²) >= 11 is 0. The molecule has 1 aromatic rings. The van der Waals surface area contributed by atoms with Crippen molar-refractivity contribution >= 4 is 30.0 Å². The minimum absolute atomic E-state index is 0. The summed E-state index contributed by atoms with van der Waals surface area (Å²) in [4.78, 5) is 24.4. The van der Waals surface area contributed by atoms with Gasteiger partial charge in [0.1, 0.15) is 11.5 Å². The molecule has 130 valence electrons. The van der Waals surface area contributed by atoms with Gasteiger partial charge < -0.3 is 19.9 Å². The first-order valence-electron chi connectivity index (χ1n) is 6.96. The van der Waals surface area contributed by atoms with Crippen molar-refractivity contribution in [1.82, 2.24) is 4.90 Å². The number of ether oxygens (including phenoxy) is 2. The van der Waals surface area contributed by atoms with Crippen LogP contribution in [0.2, 0.25) is 0 Å². The predicted molar refractivity (Wildman–Crippen MR) is 89.8 cm³/mol. The fourth-order valence-corrected chi connectivity index (χ4v) is 2.02. The van der Waals surface area contributed by atoms with Crippen LogP contribution < -0.4 is 14.8 Å². The number of carboxylic acids is 1. The number of carbonyl (C=O) groups is 2. The van der Waals surface area contributed by atoms with Crippen LogP contribution in [0.4, 0.5) is 5.69 Å². The lowest BCUT2D eigenvalue weighted by atomic mass is 10.2. The Balaban J connectivity index is 0.00000484. The number of halogens is 1. The summed E-state index contributed by atoms with van der Waals surface area (Å²) in [5.74, 6) is -0.150. The highest BCUT2D eigenvalue weighted by Gasteiger charge is 2.15. The number of carbonyl (C=O) groups excluding carboxylic acids is 1. The van der Waals surface area contributed by atoms with Gasteiger partial charge in [-0.05, 0) is 25.1 Å². The van der Waals surface area contributed by atoms with Gasteiger partial charge in [-0.25, -0.2) is 0 Å². The summed E-state index contributed by atoms with van der Waals surface area (Å²) in [6.45, 7) is 2.31. The van der Waals surface area contributed by atoms with Gasteiger partial charge in [0.2, 0.25) is 5.91 Å². The first-order valence-corrected chi connectivity index (χ1v) is 6.96. The lowest BCUT2D eigenvalue weighted by Gasteiger charge is -2.19. The molecule has 0 saturated carbocycles. The van der Waals surface area contributed by atoms with Crippen molar-refractivity contribution < 1.29 is 24.2 Å². The van der Waals surface area contributed by atoms with E-state index < -0.39 is 5.97 Å². The lowest BCUT2D eigenvalue weighted by molar-refractivity contribution is -0.138. The maximum absolute atomic E-state index is 12.1. The SMILES string of the molecule is CCCN(CC(=O)O)CC(=O)Nc1ccc(OC)cc1OC.Cl. The van der Waals surface area contributed by atoms with Crippen molar-refractivity contribution in [3.05, 3.63) is 18.2 Å². The number of amides is 1. The molecule has 23 heavy (non-hydrogen) atoms. The van der Waals surface area contributed by atoms with E-state index in [4.69, 9.17) is 14.6 Å². The summed E-state index contributed by atoms with van der Waals surface area (Å²) in [6, 6.07) is 5.05.